The van der Waals surface area contributed by atoms with E-state index in [1.807, 2.05) is 0 Å². The van der Waals surface area contributed by atoms with Gasteiger partial charge in [0.15, 0.2) is 0 Å². The molecule has 2 N–H and O–H groups in total. The van der Waals surface area contributed by atoms with E-state index in [2.05, 4.69) is 0 Å². The number of carbonyl (C=O) groups excluding carboxylic acids is 2. The Morgan fingerprint density at radius 3 is 2.07 bits per heavy atom. The molecule has 0 unspecified atom stereocenters. The lowest BCUT2D eigenvalue weighted by atomic mass is 9.79. The molecule has 8 nitrogen and oxygen atoms in total. The summed E-state index contributed by atoms with van der Waals surface area (Å²) in [5.41, 5.74) is 0.106. The van der Waals surface area contributed by atoms with E-state index in [4.69, 9.17) is 9.47 Å². The van der Waals surface area contributed by atoms with Gasteiger partial charge in [-0.25, -0.2) is 9.59 Å². The van der Waals surface area contributed by atoms with Crippen molar-refractivity contribution in [3.63, 3.8) is 0 Å². The van der Waals surface area contributed by atoms with Crippen LogP contribution in [0.4, 0.5) is 15.3 Å². The number of amides is 2. The number of anilines is 1. The summed E-state index contributed by atoms with van der Waals surface area (Å²) in [5.74, 6) is 0. The zero-order chi connectivity index (χ0) is 21.3. The predicted octanol–water partition coefficient (Wildman–Crippen LogP) is 1.86. The molecule has 0 saturated carbocycles. The van der Waals surface area contributed by atoms with Gasteiger partial charge in [0.1, 0.15) is 11.2 Å². The second-order valence-electron chi connectivity index (χ2n) is 8.80. The molecule has 0 fully saturated rings. The Kier molecular flexibility index (Phi) is 6.30. The molecule has 2 amide bonds. The fourth-order valence-electron chi connectivity index (χ4n) is 2.77. The molecule has 0 saturated heterocycles. The van der Waals surface area contributed by atoms with Gasteiger partial charge in [-0.05, 0) is 58.6 Å². The number of rotatable bonds is 1. The molecular formula is C19H29BN2O6. The van der Waals surface area contributed by atoms with Gasteiger partial charge < -0.3 is 24.4 Å². The van der Waals surface area contributed by atoms with Gasteiger partial charge in [-0.3, -0.25) is 4.90 Å². The van der Waals surface area contributed by atoms with Crippen molar-refractivity contribution in [2.24, 2.45) is 0 Å². The highest BCUT2D eigenvalue weighted by Crippen LogP contribution is 2.27. The minimum absolute atomic E-state index is 0.171. The van der Waals surface area contributed by atoms with Crippen molar-refractivity contribution in [1.82, 2.24) is 4.90 Å². The molecule has 0 bridgehead atoms. The van der Waals surface area contributed by atoms with Crippen LogP contribution in [0.2, 0.25) is 0 Å². The Morgan fingerprint density at radius 2 is 1.54 bits per heavy atom. The molecule has 1 aromatic rings. The molecule has 28 heavy (non-hydrogen) atoms. The van der Waals surface area contributed by atoms with Crippen LogP contribution in [0.1, 0.15) is 47.1 Å². The number of hydrogen-bond acceptors (Lipinski definition) is 6. The molecule has 1 aliphatic heterocycles. The average molecular weight is 392 g/mol. The van der Waals surface area contributed by atoms with Crippen molar-refractivity contribution in [3.8, 4) is 0 Å². The molecule has 1 aliphatic rings. The van der Waals surface area contributed by atoms with Crippen LogP contribution < -0.4 is 10.4 Å². The summed E-state index contributed by atoms with van der Waals surface area (Å²) < 4.78 is 11.0. The summed E-state index contributed by atoms with van der Waals surface area (Å²) in [6, 6.07) is 4.73. The van der Waals surface area contributed by atoms with E-state index in [1.165, 1.54) is 15.9 Å². The Labute approximate surface area is 166 Å². The second-order valence-corrected chi connectivity index (χ2v) is 8.80. The Morgan fingerprint density at radius 1 is 0.964 bits per heavy atom. The monoisotopic (exact) mass is 392 g/mol. The number of ether oxygens (including phenoxy) is 2. The van der Waals surface area contributed by atoms with Crippen LogP contribution in [-0.4, -0.2) is 58.5 Å². The lowest BCUT2D eigenvalue weighted by molar-refractivity contribution is 0.0238. The molecule has 0 radical (unpaired) electrons. The summed E-state index contributed by atoms with van der Waals surface area (Å²) in [6.07, 6.45) is -1.03. The van der Waals surface area contributed by atoms with E-state index < -0.39 is 30.5 Å². The third-order valence-electron chi connectivity index (χ3n) is 3.91. The van der Waals surface area contributed by atoms with Crippen molar-refractivity contribution in [2.45, 2.75) is 59.3 Å². The molecule has 1 heterocycles. The van der Waals surface area contributed by atoms with E-state index in [0.29, 0.717) is 11.3 Å². The van der Waals surface area contributed by atoms with E-state index in [1.54, 1.807) is 53.7 Å². The second kappa shape index (κ2) is 8.01. The van der Waals surface area contributed by atoms with E-state index >= 15 is 0 Å². The van der Waals surface area contributed by atoms with Gasteiger partial charge in [-0.2, -0.15) is 0 Å². The highest BCUT2D eigenvalue weighted by atomic mass is 16.6. The molecule has 0 aliphatic carbocycles. The Balaban J connectivity index is 2.39. The highest BCUT2D eigenvalue weighted by Gasteiger charge is 2.32. The molecule has 0 atom stereocenters. The smallest absolute Gasteiger partial charge is 0.444 e. The summed E-state index contributed by atoms with van der Waals surface area (Å²) in [4.78, 5) is 28.2. The van der Waals surface area contributed by atoms with Gasteiger partial charge in [0.25, 0.3) is 0 Å². The lowest BCUT2D eigenvalue weighted by Gasteiger charge is -2.28. The van der Waals surface area contributed by atoms with Gasteiger partial charge in [-0.15, -0.1) is 0 Å². The maximum atomic E-state index is 12.7. The maximum Gasteiger partial charge on any atom is 0.488 e. The predicted molar refractivity (Wildman–Crippen MR) is 106 cm³/mol. The summed E-state index contributed by atoms with van der Waals surface area (Å²) in [5, 5.41) is 19.0. The molecule has 0 aromatic heterocycles. The summed E-state index contributed by atoms with van der Waals surface area (Å²) >= 11 is 0. The Hall–Kier alpha value is -2.26. The quantitative estimate of drug-likeness (QED) is 0.708. The first kappa shape index (κ1) is 22.0. The standard InChI is InChI=1S/C19H29BN2O6/c1-18(2,3)27-16(23)21-9-10-22(17(24)28-19(4,5)6)15-8-7-14(20(25)26)11-13(15)12-21/h7-8,11,25-26H,9-10,12H2,1-6H3. The molecule has 2 rings (SSSR count). The van der Waals surface area contributed by atoms with Crippen LogP contribution in [-0.2, 0) is 16.0 Å². The normalized spacial score (nSPS) is 14.9. The number of carbonyl (C=O) groups is 2. The third-order valence-corrected chi connectivity index (χ3v) is 3.91. The SMILES string of the molecule is CC(C)(C)OC(=O)N1CCN(C(=O)OC(C)(C)C)c2ccc(B(O)O)cc2C1. The van der Waals surface area contributed by atoms with Crippen LogP contribution in [0.25, 0.3) is 0 Å². The van der Waals surface area contributed by atoms with Gasteiger partial charge in [0.2, 0.25) is 0 Å². The van der Waals surface area contributed by atoms with Crippen molar-refractivity contribution in [1.29, 1.82) is 0 Å². The first-order chi connectivity index (χ1) is 12.8. The topological polar surface area (TPSA) is 99.5 Å². The zero-order valence-electron chi connectivity index (χ0n) is 17.4. The van der Waals surface area contributed by atoms with E-state index in [0.717, 1.165) is 0 Å². The van der Waals surface area contributed by atoms with Crippen LogP contribution >= 0.6 is 0 Å². The zero-order valence-corrected chi connectivity index (χ0v) is 17.4. The number of fused-ring (bicyclic) bond motifs is 1. The molecule has 9 heteroatoms. The van der Waals surface area contributed by atoms with Gasteiger partial charge in [0.05, 0.1) is 12.2 Å². The fraction of sp³-hybridized carbons (Fsp3) is 0.579. The van der Waals surface area contributed by atoms with Crippen LogP contribution in [0.15, 0.2) is 18.2 Å². The van der Waals surface area contributed by atoms with Crippen molar-refractivity contribution >= 4 is 30.5 Å². The molecular weight excluding hydrogens is 363 g/mol. The summed E-state index contributed by atoms with van der Waals surface area (Å²) in [7, 11) is -1.65. The molecule has 154 valence electrons. The molecule has 0 spiro atoms. The van der Waals surface area contributed by atoms with Crippen LogP contribution in [0, 0.1) is 0 Å². The van der Waals surface area contributed by atoms with Crippen molar-refractivity contribution < 1.29 is 29.1 Å². The highest BCUT2D eigenvalue weighted by molar-refractivity contribution is 6.58. The first-order valence-corrected chi connectivity index (χ1v) is 9.24. The summed E-state index contributed by atoms with van der Waals surface area (Å²) in [6.45, 7) is 11.3. The number of hydrogen-bond donors (Lipinski definition) is 2. The van der Waals surface area contributed by atoms with Gasteiger partial charge in [-0.1, -0.05) is 12.1 Å². The Bertz CT molecular complexity index is 739. The van der Waals surface area contributed by atoms with Crippen LogP contribution in [0.3, 0.4) is 0 Å². The van der Waals surface area contributed by atoms with E-state index in [9.17, 15) is 19.6 Å². The minimum atomic E-state index is -1.65. The van der Waals surface area contributed by atoms with Gasteiger partial charge >= 0.3 is 19.3 Å². The van der Waals surface area contributed by atoms with E-state index in [-0.39, 0.29) is 25.1 Å². The number of nitrogens with zero attached hydrogens (tertiary/aromatic N) is 2. The van der Waals surface area contributed by atoms with Gasteiger partial charge in [0, 0.05) is 13.1 Å². The van der Waals surface area contributed by atoms with Crippen molar-refractivity contribution in [3.05, 3.63) is 23.8 Å². The maximum absolute atomic E-state index is 12.7. The van der Waals surface area contributed by atoms with Crippen molar-refractivity contribution in [2.75, 3.05) is 18.0 Å². The number of benzene rings is 1. The fourth-order valence-corrected chi connectivity index (χ4v) is 2.77. The minimum Gasteiger partial charge on any atom is -0.444 e. The first-order valence-electron chi connectivity index (χ1n) is 9.24. The molecule has 1 aromatic carbocycles. The average Bonchev–Trinajstić information content (AvgIpc) is 2.70. The third kappa shape index (κ3) is 5.87. The lowest BCUT2D eigenvalue weighted by Crippen LogP contribution is -2.42. The van der Waals surface area contributed by atoms with Crippen LogP contribution in [0.5, 0.6) is 0 Å². The largest absolute Gasteiger partial charge is 0.488 e.